The van der Waals surface area contributed by atoms with Crippen molar-refractivity contribution >= 4 is 11.8 Å². The summed E-state index contributed by atoms with van der Waals surface area (Å²) >= 11 is 0. The molecule has 0 aromatic carbocycles. The molecule has 1 saturated heterocycles. The third kappa shape index (κ3) is 4.11. The molecule has 1 aliphatic carbocycles. The minimum Gasteiger partial charge on any atom is -0.352 e. The number of carbonyl (C=O) groups excluding carboxylic acids is 2. The van der Waals surface area contributed by atoms with E-state index >= 15 is 0 Å². The first-order valence-corrected chi connectivity index (χ1v) is 9.29. The van der Waals surface area contributed by atoms with Crippen molar-refractivity contribution in [2.45, 2.75) is 78.9 Å². The van der Waals surface area contributed by atoms with Gasteiger partial charge in [0, 0.05) is 30.7 Å². The number of hydrogen-bond acceptors (Lipinski definition) is 3. The molecule has 5 nitrogen and oxygen atoms in total. The molecular formula is C19H35N3O2. The smallest absolute Gasteiger partial charge is 0.235 e. The van der Waals surface area contributed by atoms with E-state index in [4.69, 9.17) is 0 Å². The second-order valence-corrected chi connectivity index (χ2v) is 9.47. The Hall–Kier alpha value is -1.10. The van der Waals surface area contributed by atoms with Crippen LogP contribution >= 0.6 is 0 Å². The lowest BCUT2D eigenvalue weighted by molar-refractivity contribution is -0.143. The van der Waals surface area contributed by atoms with Gasteiger partial charge in [-0.2, -0.15) is 0 Å². The molecule has 0 aromatic rings. The number of piperidine rings is 1. The van der Waals surface area contributed by atoms with Crippen LogP contribution in [0.3, 0.4) is 0 Å². The molecule has 3 atom stereocenters. The number of carbonyl (C=O) groups is 2. The molecule has 5 heteroatoms. The van der Waals surface area contributed by atoms with Gasteiger partial charge in [-0.05, 0) is 73.1 Å². The standard InChI is InChI=1S/C19H35N3O2/c1-12(2)22-10-13-8-9-14(11-22)15(13)20-16(23)19(6,7)17(24)21-18(3,4)5/h12-15H,8-11H2,1-7H3,(H,20,23)(H,21,24)/t13-,14+,15-. The Labute approximate surface area is 146 Å². The van der Waals surface area contributed by atoms with Crippen LogP contribution in [0.4, 0.5) is 0 Å². The Morgan fingerprint density at radius 2 is 1.46 bits per heavy atom. The predicted octanol–water partition coefficient (Wildman–Crippen LogP) is 2.16. The second-order valence-electron chi connectivity index (χ2n) is 9.47. The van der Waals surface area contributed by atoms with Gasteiger partial charge >= 0.3 is 0 Å². The van der Waals surface area contributed by atoms with Gasteiger partial charge in [0.2, 0.25) is 11.8 Å². The van der Waals surface area contributed by atoms with E-state index in [0.29, 0.717) is 17.9 Å². The Kier molecular flexibility index (Phi) is 5.34. The van der Waals surface area contributed by atoms with Crippen molar-refractivity contribution in [2.75, 3.05) is 13.1 Å². The zero-order valence-electron chi connectivity index (χ0n) is 16.4. The molecule has 2 fully saturated rings. The summed E-state index contributed by atoms with van der Waals surface area (Å²) in [6.07, 6.45) is 2.35. The molecule has 2 aliphatic rings. The van der Waals surface area contributed by atoms with Crippen molar-refractivity contribution in [3.63, 3.8) is 0 Å². The van der Waals surface area contributed by atoms with Crippen molar-refractivity contribution in [3.8, 4) is 0 Å². The Morgan fingerprint density at radius 3 is 1.88 bits per heavy atom. The van der Waals surface area contributed by atoms with Crippen molar-refractivity contribution in [2.24, 2.45) is 17.3 Å². The number of amides is 2. The quantitative estimate of drug-likeness (QED) is 0.773. The van der Waals surface area contributed by atoms with Crippen molar-refractivity contribution in [1.82, 2.24) is 15.5 Å². The predicted molar refractivity (Wildman–Crippen MR) is 96.5 cm³/mol. The normalized spacial score (nSPS) is 28.1. The summed E-state index contributed by atoms with van der Waals surface area (Å²) < 4.78 is 0. The van der Waals surface area contributed by atoms with Gasteiger partial charge in [0.15, 0.2) is 0 Å². The summed E-state index contributed by atoms with van der Waals surface area (Å²) in [7, 11) is 0. The van der Waals surface area contributed by atoms with Crippen LogP contribution in [0.5, 0.6) is 0 Å². The van der Waals surface area contributed by atoms with Gasteiger partial charge in [0.05, 0.1) is 0 Å². The molecular weight excluding hydrogens is 302 g/mol. The topological polar surface area (TPSA) is 61.4 Å². The minimum atomic E-state index is -1.05. The number of hydrogen-bond donors (Lipinski definition) is 2. The number of likely N-dealkylation sites (tertiary alicyclic amines) is 1. The van der Waals surface area contributed by atoms with Gasteiger partial charge in [0.25, 0.3) is 0 Å². The Morgan fingerprint density at radius 1 is 0.958 bits per heavy atom. The highest BCUT2D eigenvalue weighted by molar-refractivity contribution is 6.04. The largest absolute Gasteiger partial charge is 0.352 e. The molecule has 138 valence electrons. The summed E-state index contributed by atoms with van der Waals surface area (Å²) in [5.74, 6) is 0.664. The molecule has 2 rings (SSSR count). The highest BCUT2D eigenvalue weighted by Gasteiger charge is 2.46. The van der Waals surface area contributed by atoms with Crippen molar-refractivity contribution in [3.05, 3.63) is 0 Å². The molecule has 24 heavy (non-hydrogen) atoms. The van der Waals surface area contributed by atoms with Crippen LogP contribution in [0.2, 0.25) is 0 Å². The van der Waals surface area contributed by atoms with Crippen LogP contribution in [0.15, 0.2) is 0 Å². The Balaban J connectivity index is 2.01. The lowest BCUT2D eigenvalue weighted by atomic mass is 9.86. The van der Waals surface area contributed by atoms with Crippen LogP contribution in [0, 0.1) is 17.3 Å². The molecule has 0 aromatic heterocycles. The van der Waals surface area contributed by atoms with E-state index in [-0.39, 0.29) is 23.4 Å². The van der Waals surface area contributed by atoms with E-state index in [9.17, 15) is 9.59 Å². The van der Waals surface area contributed by atoms with Gasteiger partial charge < -0.3 is 15.5 Å². The van der Waals surface area contributed by atoms with Crippen molar-refractivity contribution < 1.29 is 9.59 Å². The molecule has 2 N–H and O–H groups in total. The van der Waals surface area contributed by atoms with E-state index in [1.54, 1.807) is 13.8 Å². The average Bonchev–Trinajstić information content (AvgIpc) is 2.67. The lowest BCUT2D eigenvalue weighted by Crippen LogP contribution is -2.58. The van der Waals surface area contributed by atoms with Gasteiger partial charge in [0.1, 0.15) is 5.41 Å². The van der Waals surface area contributed by atoms with E-state index in [1.165, 1.54) is 12.8 Å². The maximum Gasteiger partial charge on any atom is 0.235 e. The van der Waals surface area contributed by atoms with Crippen molar-refractivity contribution in [1.29, 1.82) is 0 Å². The van der Waals surface area contributed by atoms with Crippen LogP contribution in [-0.4, -0.2) is 47.4 Å². The fourth-order valence-corrected chi connectivity index (χ4v) is 3.85. The summed E-state index contributed by atoms with van der Waals surface area (Å²) in [5.41, 5.74) is -1.39. The van der Waals surface area contributed by atoms with Crippen LogP contribution < -0.4 is 10.6 Å². The van der Waals surface area contributed by atoms with E-state index in [2.05, 4.69) is 29.4 Å². The summed E-state index contributed by atoms with van der Waals surface area (Å²) in [4.78, 5) is 27.8. The zero-order valence-corrected chi connectivity index (χ0v) is 16.4. The first-order chi connectivity index (χ1) is 10.9. The molecule has 0 unspecified atom stereocenters. The summed E-state index contributed by atoms with van der Waals surface area (Å²) in [6.45, 7) is 15.8. The van der Waals surface area contributed by atoms with Crippen LogP contribution in [0.1, 0.15) is 61.3 Å². The minimum absolute atomic E-state index is 0.149. The molecule has 1 saturated carbocycles. The van der Waals surface area contributed by atoms with Crippen LogP contribution in [-0.2, 0) is 9.59 Å². The van der Waals surface area contributed by atoms with E-state index < -0.39 is 5.41 Å². The first kappa shape index (κ1) is 19.2. The number of nitrogens with one attached hydrogen (secondary N) is 2. The summed E-state index contributed by atoms with van der Waals surface area (Å²) in [6, 6.07) is 0.771. The SMILES string of the molecule is CC(C)N1C[C@H]2CC[C@@H](C1)[C@@H]2NC(=O)C(C)(C)C(=O)NC(C)(C)C. The lowest BCUT2D eigenvalue weighted by Gasteiger charge is -2.41. The fraction of sp³-hybridized carbons (Fsp3) is 0.895. The molecule has 2 bridgehead atoms. The average molecular weight is 338 g/mol. The van der Waals surface area contributed by atoms with Crippen LogP contribution in [0.25, 0.3) is 0 Å². The molecule has 0 spiro atoms. The van der Waals surface area contributed by atoms with Gasteiger partial charge in [-0.25, -0.2) is 0 Å². The third-order valence-electron chi connectivity index (χ3n) is 5.51. The highest BCUT2D eigenvalue weighted by Crippen LogP contribution is 2.38. The number of rotatable bonds is 4. The molecule has 0 radical (unpaired) electrons. The first-order valence-electron chi connectivity index (χ1n) is 9.29. The zero-order chi connectivity index (χ0) is 18.3. The molecule has 2 amide bonds. The van der Waals surface area contributed by atoms with Gasteiger partial charge in [-0.1, -0.05) is 0 Å². The second kappa shape index (κ2) is 6.66. The third-order valence-corrected chi connectivity index (χ3v) is 5.51. The maximum atomic E-state index is 12.8. The van der Waals surface area contributed by atoms with E-state index in [0.717, 1.165) is 13.1 Å². The Bertz CT molecular complexity index is 479. The maximum absolute atomic E-state index is 12.8. The highest BCUT2D eigenvalue weighted by atomic mass is 16.2. The van der Waals surface area contributed by atoms with Gasteiger partial charge in [-0.15, -0.1) is 0 Å². The molecule has 1 aliphatic heterocycles. The summed E-state index contributed by atoms with van der Waals surface area (Å²) in [5, 5.41) is 6.15. The molecule has 1 heterocycles. The van der Waals surface area contributed by atoms with E-state index in [1.807, 2.05) is 20.8 Å². The number of fused-ring (bicyclic) bond motifs is 2. The van der Waals surface area contributed by atoms with Gasteiger partial charge in [-0.3, -0.25) is 9.59 Å². The number of nitrogens with zero attached hydrogens (tertiary/aromatic N) is 1. The monoisotopic (exact) mass is 337 g/mol. The fourth-order valence-electron chi connectivity index (χ4n) is 3.85.